The van der Waals surface area contributed by atoms with E-state index in [1.807, 2.05) is 17.8 Å². The molecule has 2 aliphatic carbocycles. The Hall–Kier alpha value is -6.69. The van der Waals surface area contributed by atoms with Crippen LogP contribution in [-0.2, 0) is 0 Å². The minimum Gasteiger partial charge on any atom is -0.308 e. The topological polar surface area (TPSA) is 34.0 Å². The second-order valence-corrected chi connectivity index (χ2v) is 15.2. The molecule has 1 unspecified atom stereocenters. The van der Waals surface area contributed by atoms with E-state index < -0.39 is 0 Å². The van der Waals surface area contributed by atoms with Crippen LogP contribution in [-0.4, -0.2) is 14.5 Å². The molecule has 3 aliphatic rings. The number of hydrogen-bond acceptors (Lipinski definition) is 4. The van der Waals surface area contributed by atoms with Crippen molar-refractivity contribution < 1.29 is 0 Å². The van der Waals surface area contributed by atoms with Crippen LogP contribution in [0.1, 0.15) is 6.42 Å². The van der Waals surface area contributed by atoms with E-state index in [4.69, 9.17) is 9.97 Å². The maximum Gasteiger partial charge on any atom is 0.162 e. The first kappa shape index (κ1) is 31.8. The first-order valence-electron chi connectivity index (χ1n) is 18.8. The molecule has 1 aliphatic heterocycles. The lowest BCUT2D eigenvalue weighted by atomic mass is 9.86. The SMILES string of the molecule is C1=CC2=c3c(n(-c4cc(-c5ccccc5)nc(-c5ccccc5)n4)c4c(-c5ccc6c(c5)N(c5ccccc5)c5ccccc5S6)cccc34)=CCC2C=C1. The van der Waals surface area contributed by atoms with Crippen molar-refractivity contribution in [2.24, 2.45) is 5.92 Å². The van der Waals surface area contributed by atoms with Gasteiger partial charge in [0.15, 0.2) is 5.82 Å². The van der Waals surface area contributed by atoms with E-state index >= 15 is 0 Å². The molecule has 55 heavy (non-hydrogen) atoms. The molecule has 0 spiro atoms. The zero-order valence-electron chi connectivity index (χ0n) is 29.9. The van der Waals surface area contributed by atoms with Crippen LogP contribution < -0.4 is 15.5 Å². The number of fused-ring (bicyclic) bond motifs is 6. The number of para-hydroxylation sites is 3. The van der Waals surface area contributed by atoms with Gasteiger partial charge in [0.1, 0.15) is 5.82 Å². The van der Waals surface area contributed by atoms with Gasteiger partial charge in [-0.15, -0.1) is 0 Å². The molecular formula is C50H34N4S. The van der Waals surface area contributed by atoms with Crippen LogP contribution in [0, 0.1) is 5.92 Å². The number of anilines is 3. The Morgan fingerprint density at radius 3 is 2.18 bits per heavy atom. The van der Waals surface area contributed by atoms with Crippen LogP contribution >= 0.6 is 11.8 Å². The average Bonchev–Trinajstić information content (AvgIpc) is 3.61. The summed E-state index contributed by atoms with van der Waals surface area (Å²) in [5, 5.41) is 3.68. The minimum atomic E-state index is 0.339. The molecular weight excluding hydrogens is 689 g/mol. The quantitative estimate of drug-likeness (QED) is 0.177. The second kappa shape index (κ2) is 13.0. The summed E-state index contributed by atoms with van der Waals surface area (Å²) in [5.41, 5.74) is 11.3. The fraction of sp³-hybridized carbons (Fsp3) is 0.0400. The summed E-state index contributed by atoms with van der Waals surface area (Å²) >= 11 is 1.84. The van der Waals surface area contributed by atoms with Crippen molar-refractivity contribution >= 4 is 51.4 Å². The molecule has 4 nitrogen and oxygen atoms in total. The number of rotatable bonds is 5. The van der Waals surface area contributed by atoms with Crippen molar-refractivity contribution in [3.05, 3.63) is 193 Å². The maximum absolute atomic E-state index is 5.39. The van der Waals surface area contributed by atoms with Crippen LogP contribution in [0.25, 0.3) is 62.1 Å². The van der Waals surface area contributed by atoms with E-state index in [1.54, 1.807) is 0 Å². The zero-order chi connectivity index (χ0) is 36.3. The predicted molar refractivity (Wildman–Crippen MR) is 227 cm³/mol. The van der Waals surface area contributed by atoms with E-state index in [0.717, 1.165) is 51.4 Å². The number of aromatic nitrogens is 3. The van der Waals surface area contributed by atoms with Crippen molar-refractivity contribution in [3.63, 3.8) is 0 Å². The highest BCUT2D eigenvalue weighted by atomic mass is 32.2. The summed E-state index contributed by atoms with van der Waals surface area (Å²) in [6.07, 6.45) is 12.4. The molecule has 2 aromatic heterocycles. The Morgan fingerprint density at radius 1 is 0.600 bits per heavy atom. The van der Waals surface area contributed by atoms with Crippen LogP contribution in [0.4, 0.5) is 17.1 Å². The fourth-order valence-electron chi connectivity index (χ4n) is 8.42. The minimum absolute atomic E-state index is 0.339. The number of hydrogen-bond donors (Lipinski definition) is 0. The van der Waals surface area contributed by atoms with Crippen LogP contribution in [0.5, 0.6) is 0 Å². The molecule has 0 amide bonds. The van der Waals surface area contributed by atoms with Gasteiger partial charge in [-0.25, -0.2) is 9.97 Å². The van der Waals surface area contributed by atoms with Gasteiger partial charge in [0.25, 0.3) is 0 Å². The number of allylic oxidation sites excluding steroid dienone is 4. The highest BCUT2D eigenvalue weighted by Gasteiger charge is 2.27. The lowest BCUT2D eigenvalue weighted by Crippen LogP contribution is -2.35. The van der Waals surface area contributed by atoms with E-state index in [1.165, 1.54) is 42.7 Å². The van der Waals surface area contributed by atoms with E-state index in [9.17, 15) is 0 Å². The Bertz CT molecular complexity index is 2920. The molecule has 0 fully saturated rings. The van der Waals surface area contributed by atoms with E-state index in [2.05, 4.69) is 192 Å². The van der Waals surface area contributed by atoms with Crippen molar-refractivity contribution in [1.29, 1.82) is 0 Å². The largest absolute Gasteiger partial charge is 0.308 e. The third kappa shape index (κ3) is 5.30. The van der Waals surface area contributed by atoms with Gasteiger partial charge in [0.05, 0.1) is 27.9 Å². The molecule has 11 rings (SSSR count). The average molecular weight is 723 g/mol. The molecule has 0 radical (unpaired) electrons. The monoisotopic (exact) mass is 722 g/mol. The third-order valence-electron chi connectivity index (χ3n) is 10.9. The smallest absolute Gasteiger partial charge is 0.162 e. The second-order valence-electron chi connectivity index (χ2n) is 14.1. The molecule has 1 atom stereocenters. The zero-order valence-corrected chi connectivity index (χ0v) is 30.7. The van der Waals surface area contributed by atoms with Crippen molar-refractivity contribution in [3.8, 4) is 39.6 Å². The molecule has 3 heterocycles. The molecule has 260 valence electrons. The summed E-state index contributed by atoms with van der Waals surface area (Å²) in [7, 11) is 0. The predicted octanol–water partition coefficient (Wildman–Crippen LogP) is 11.4. The summed E-state index contributed by atoms with van der Waals surface area (Å²) in [6.45, 7) is 0. The normalized spacial score (nSPS) is 15.2. The summed E-state index contributed by atoms with van der Waals surface area (Å²) in [6, 6.07) is 56.1. The first-order chi connectivity index (χ1) is 27.3. The Morgan fingerprint density at radius 2 is 1.35 bits per heavy atom. The van der Waals surface area contributed by atoms with Gasteiger partial charge in [0, 0.05) is 54.8 Å². The van der Waals surface area contributed by atoms with Gasteiger partial charge in [-0.1, -0.05) is 157 Å². The highest BCUT2D eigenvalue weighted by molar-refractivity contribution is 7.99. The molecule has 0 saturated heterocycles. The van der Waals surface area contributed by atoms with Gasteiger partial charge in [-0.2, -0.15) is 0 Å². The van der Waals surface area contributed by atoms with Crippen molar-refractivity contribution in [2.45, 2.75) is 16.2 Å². The Balaban J connectivity index is 1.21. The van der Waals surface area contributed by atoms with Gasteiger partial charge in [-0.3, -0.25) is 4.57 Å². The number of nitrogens with zero attached hydrogens (tertiary/aromatic N) is 4. The van der Waals surface area contributed by atoms with Crippen LogP contribution in [0.2, 0.25) is 0 Å². The van der Waals surface area contributed by atoms with Crippen LogP contribution in [0.3, 0.4) is 0 Å². The molecule has 0 N–H and O–H groups in total. The molecule has 5 heteroatoms. The van der Waals surface area contributed by atoms with E-state index in [0.29, 0.717) is 11.7 Å². The van der Waals surface area contributed by atoms with E-state index in [-0.39, 0.29) is 0 Å². The van der Waals surface area contributed by atoms with Crippen molar-refractivity contribution in [2.75, 3.05) is 4.90 Å². The number of benzene rings is 6. The third-order valence-corrected chi connectivity index (χ3v) is 12.0. The molecule has 8 aromatic rings. The summed E-state index contributed by atoms with van der Waals surface area (Å²) in [4.78, 5) is 15.4. The summed E-state index contributed by atoms with van der Waals surface area (Å²) < 4.78 is 2.41. The standard InChI is InChI=1S/C50H34N4S/c1-4-16-34(17-5-1)41-32-47(52-50(51-41)35-18-6-2-7-19-35)54-43-29-27-33-15-10-11-22-38(33)48(43)40-24-14-23-39(49(40)54)36-28-30-46-44(31-36)53(37-20-8-3-9-21-37)42-25-12-13-26-45(42)55-46/h1-26,28-33H,27H2. The fourth-order valence-corrected chi connectivity index (χ4v) is 9.46. The molecule has 6 aromatic carbocycles. The molecule has 0 saturated carbocycles. The van der Waals surface area contributed by atoms with Crippen LogP contribution in [0.15, 0.2) is 192 Å². The van der Waals surface area contributed by atoms with Gasteiger partial charge < -0.3 is 4.90 Å². The maximum atomic E-state index is 5.39. The Kier molecular flexibility index (Phi) is 7.52. The van der Waals surface area contributed by atoms with Gasteiger partial charge in [0.2, 0.25) is 0 Å². The first-order valence-corrected chi connectivity index (χ1v) is 19.6. The lowest BCUT2D eigenvalue weighted by Gasteiger charge is -2.33. The summed E-state index contributed by atoms with van der Waals surface area (Å²) in [5.74, 6) is 1.89. The highest BCUT2D eigenvalue weighted by Crippen LogP contribution is 2.52. The van der Waals surface area contributed by atoms with Gasteiger partial charge >= 0.3 is 0 Å². The van der Waals surface area contributed by atoms with Gasteiger partial charge in [-0.05, 0) is 54.0 Å². The Labute approximate surface area is 323 Å². The lowest BCUT2D eigenvalue weighted by molar-refractivity contribution is 0.850. The van der Waals surface area contributed by atoms with Crippen molar-refractivity contribution in [1.82, 2.24) is 14.5 Å². The molecule has 0 bridgehead atoms.